The molecular formula is C11H13BrF3NO2. The number of hydrogen-bond donors (Lipinski definition) is 1. The summed E-state index contributed by atoms with van der Waals surface area (Å²) in [6.07, 6.45) is -4.63. The van der Waals surface area contributed by atoms with E-state index in [0.29, 0.717) is 5.75 Å². The largest absolute Gasteiger partial charge is 0.522 e. The fourth-order valence-corrected chi connectivity index (χ4v) is 1.66. The maximum Gasteiger partial charge on any atom is 0.522 e. The minimum atomic E-state index is -4.63. The maximum absolute atomic E-state index is 11.7. The summed E-state index contributed by atoms with van der Waals surface area (Å²) in [7, 11) is 0. The van der Waals surface area contributed by atoms with Crippen LogP contribution in [-0.4, -0.2) is 19.6 Å². The average molecular weight is 328 g/mol. The molecular weight excluding hydrogens is 315 g/mol. The second-order valence-electron chi connectivity index (χ2n) is 3.61. The summed E-state index contributed by atoms with van der Waals surface area (Å²) in [5.41, 5.74) is 6.46. The van der Waals surface area contributed by atoms with Gasteiger partial charge in [0.15, 0.2) is 0 Å². The Hall–Kier alpha value is -0.790. The Labute approximate surface area is 111 Å². The summed E-state index contributed by atoms with van der Waals surface area (Å²) in [5, 5.41) is 0. The zero-order valence-electron chi connectivity index (χ0n) is 9.63. The van der Waals surface area contributed by atoms with E-state index >= 15 is 0 Å². The van der Waals surface area contributed by atoms with Gasteiger partial charge in [0.2, 0.25) is 0 Å². The van der Waals surface area contributed by atoms with E-state index in [0.717, 1.165) is 10.0 Å². The van der Waals surface area contributed by atoms with E-state index in [9.17, 15) is 13.2 Å². The highest BCUT2D eigenvalue weighted by atomic mass is 79.9. The van der Waals surface area contributed by atoms with Gasteiger partial charge in [-0.15, -0.1) is 13.2 Å². The van der Waals surface area contributed by atoms with Crippen LogP contribution in [0.3, 0.4) is 0 Å². The van der Waals surface area contributed by atoms with Crippen molar-refractivity contribution in [3.63, 3.8) is 0 Å². The Bertz CT molecular complexity index is 396. The summed E-state index contributed by atoms with van der Waals surface area (Å²) in [4.78, 5) is 0. The van der Waals surface area contributed by atoms with E-state index < -0.39 is 13.0 Å². The van der Waals surface area contributed by atoms with Crippen molar-refractivity contribution in [2.45, 2.75) is 19.3 Å². The molecule has 0 fully saturated rings. The van der Waals surface area contributed by atoms with Crippen molar-refractivity contribution in [3.8, 4) is 5.75 Å². The Morgan fingerprint density at radius 3 is 2.56 bits per heavy atom. The zero-order valence-corrected chi connectivity index (χ0v) is 11.2. The van der Waals surface area contributed by atoms with Crippen LogP contribution in [0.5, 0.6) is 5.75 Å². The quantitative estimate of drug-likeness (QED) is 0.843. The molecule has 102 valence electrons. The summed E-state index contributed by atoms with van der Waals surface area (Å²) < 4.78 is 44.9. The molecule has 0 aliphatic rings. The minimum Gasteiger partial charge on any atom is -0.491 e. The lowest BCUT2D eigenvalue weighted by atomic mass is 10.1. The highest BCUT2D eigenvalue weighted by Crippen LogP contribution is 2.27. The van der Waals surface area contributed by atoms with Crippen LogP contribution < -0.4 is 10.5 Å². The van der Waals surface area contributed by atoms with Crippen molar-refractivity contribution in [2.75, 3.05) is 13.2 Å². The van der Waals surface area contributed by atoms with Crippen LogP contribution >= 0.6 is 15.9 Å². The van der Waals surface area contributed by atoms with Gasteiger partial charge in [-0.05, 0) is 19.1 Å². The first-order chi connectivity index (χ1) is 8.29. The number of rotatable bonds is 5. The van der Waals surface area contributed by atoms with Gasteiger partial charge in [0.05, 0.1) is 6.61 Å². The number of benzene rings is 1. The SMILES string of the molecule is C[C@H](N)c1ccc(Br)cc1OCCOC(F)(F)F. The predicted octanol–water partition coefficient (Wildman–Crippen LogP) is 3.38. The van der Waals surface area contributed by atoms with Crippen molar-refractivity contribution in [3.05, 3.63) is 28.2 Å². The summed E-state index contributed by atoms with van der Waals surface area (Å²) >= 11 is 3.25. The molecule has 18 heavy (non-hydrogen) atoms. The highest BCUT2D eigenvalue weighted by Gasteiger charge is 2.28. The molecule has 3 nitrogen and oxygen atoms in total. The molecule has 0 amide bonds. The van der Waals surface area contributed by atoms with Gasteiger partial charge < -0.3 is 10.5 Å². The maximum atomic E-state index is 11.7. The van der Waals surface area contributed by atoms with Gasteiger partial charge in [0.25, 0.3) is 0 Å². The smallest absolute Gasteiger partial charge is 0.491 e. The molecule has 0 spiro atoms. The van der Waals surface area contributed by atoms with Gasteiger partial charge in [-0.3, -0.25) is 4.74 Å². The molecule has 2 N–H and O–H groups in total. The van der Waals surface area contributed by atoms with E-state index in [2.05, 4.69) is 20.7 Å². The molecule has 0 aliphatic carbocycles. The normalized spacial score (nSPS) is 13.4. The topological polar surface area (TPSA) is 44.5 Å². The van der Waals surface area contributed by atoms with E-state index in [1.165, 1.54) is 0 Å². The second kappa shape index (κ2) is 6.40. The Morgan fingerprint density at radius 1 is 1.33 bits per heavy atom. The highest BCUT2D eigenvalue weighted by molar-refractivity contribution is 9.10. The first-order valence-corrected chi connectivity index (χ1v) is 5.97. The summed E-state index contributed by atoms with van der Waals surface area (Å²) in [5.74, 6) is 0.449. The summed E-state index contributed by atoms with van der Waals surface area (Å²) in [6.45, 7) is 1.01. The van der Waals surface area contributed by atoms with E-state index in [1.54, 1.807) is 25.1 Å². The van der Waals surface area contributed by atoms with Gasteiger partial charge in [-0.2, -0.15) is 0 Å². The monoisotopic (exact) mass is 327 g/mol. The third kappa shape index (κ3) is 5.24. The first-order valence-electron chi connectivity index (χ1n) is 5.18. The molecule has 0 aromatic heterocycles. The molecule has 0 aliphatic heterocycles. The van der Waals surface area contributed by atoms with Gasteiger partial charge >= 0.3 is 6.36 Å². The van der Waals surface area contributed by atoms with Gasteiger partial charge in [0, 0.05) is 16.1 Å². The van der Waals surface area contributed by atoms with Crippen molar-refractivity contribution < 1.29 is 22.6 Å². The van der Waals surface area contributed by atoms with Crippen molar-refractivity contribution in [1.82, 2.24) is 0 Å². The number of ether oxygens (including phenoxy) is 2. The van der Waals surface area contributed by atoms with Gasteiger partial charge in [-0.25, -0.2) is 0 Å². The third-order valence-corrected chi connectivity index (χ3v) is 2.57. The standard InChI is InChI=1S/C11H13BrF3NO2/c1-7(16)9-3-2-8(12)6-10(9)17-4-5-18-11(13,14)15/h2-3,6-7H,4-5,16H2,1H3/t7-/m0/s1. The fourth-order valence-electron chi connectivity index (χ4n) is 1.32. The Kier molecular flexibility index (Phi) is 5.43. The van der Waals surface area contributed by atoms with Crippen LogP contribution in [0.2, 0.25) is 0 Å². The van der Waals surface area contributed by atoms with Crippen LogP contribution in [0, 0.1) is 0 Å². The molecule has 0 unspecified atom stereocenters. The number of halogens is 4. The van der Waals surface area contributed by atoms with Crippen molar-refractivity contribution in [2.24, 2.45) is 5.73 Å². The third-order valence-electron chi connectivity index (χ3n) is 2.07. The lowest BCUT2D eigenvalue weighted by Crippen LogP contribution is -2.18. The average Bonchev–Trinajstić information content (AvgIpc) is 2.22. The fraction of sp³-hybridized carbons (Fsp3) is 0.455. The summed E-state index contributed by atoms with van der Waals surface area (Å²) in [6, 6.07) is 4.94. The number of alkyl halides is 3. The van der Waals surface area contributed by atoms with Crippen LogP contribution in [0.15, 0.2) is 22.7 Å². The Balaban J connectivity index is 2.58. The van der Waals surface area contributed by atoms with Crippen LogP contribution in [0.25, 0.3) is 0 Å². The van der Waals surface area contributed by atoms with Crippen molar-refractivity contribution >= 4 is 15.9 Å². The van der Waals surface area contributed by atoms with Crippen LogP contribution in [0.1, 0.15) is 18.5 Å². The molecule has 0 saturated heterocycles. The molecule has 0 bridgehead atoms. The molecule has 1 aromatic carbocycles. The number of hydrogen-bond acceptors (Lipinski definition) is 3. The van der Waals surface area contributed by atoms with Crippen LogP contribution in [-0.2, 0) is 4.74 Å². The first kappa shape index (κ1) is 15.3. The van der Waals surface area contributed by atoms with E-state index in [1.807, 2.05) is 0 Å². The molecule has 1 rings (SSSR count). The molecule has 1 atom stereocenters. The number of nitrogens with two attached hydrogens (primary N) is 1. The minimum absolute atomic E-state index is 0.199. The predicted molar refractivity (Wildman–Crippen MR) is 64.2 cm³/mol. The lowest BCUT2D eigenvalue weighted by Gasteiger charge is -2.15. The van der Waals surface area contributed by atoms with Gasteiger partial charge in [0.1, 0.15) is 12.4 Å². The zero-order chi connectivity index (χ0) is 13.8. The lowest BCUT2D eigenvalue weighted by molar-refractivity contribution is -0.325. The Morgan fingerprint density at radius 2 is 2.00 bits per heavy atom. The molecule has 7 heteroatoms. The van der Waals surface area contributed by atoms with E-state index in [4.69, 9.17) is 10.5 Å². The van der Waals surface area contributed by atoms with Gasteiger partial charge in [-0.1, -0.05) is 22.0 Å². The molecule has 1 aromatic rings. The van der Waals surface area contributed by atoms with Crippen LogP contribution in [0.4, 0.5) is 13.2 Å². The second-order valence-corrected chi connectivity index (χ2v) is 4.53. The molecule has 0 radical (unpaired) electrons. The molecule has 0 heterocycles. The van der Waals surface area contributed by atoms with E-state index in [-0.39, 0.29) is 12.6 Å². The molecule has 0 saturated carbocycles. The van der Waals surface area contributed by atoms with Crippen molar-refractivity contribution in [1.29, 1.82) is 0 Å².